The number of likely N-dealkylation sites (tertiary alicyclic amines) is 1. The van der Waals surface area contributed by atoms with Gasteiger partial charge in [-0.25, -0.2) is 30.8 Å². The predicted molar refractivity (Wildman–Crippen MR) is 251 cm³/mol. The summed E-state index contributed by atoms with van der Waals surface area (Å²) in [7, 11) is -6.28. The highest BCUT2D eigenvalue weighted by atomic mass is 32.2. The Bertz CT molecular complexity index is 2810. The van der Waals surface area contributed by atoms with Crippen LogP contribution in [-0.2, 0) is 44.0 Å². The van der Waals surface area contributed by atoms with Gasteiger partial charge < -0.3 is 29.2 Å². The standard InChI is InChI=1S/C49H53FN4O12S2/c1-7-65-38-21-23-39(24-22-38)67(59,60)53(36-17-13-33(4)14-18-36)31-46(56)54-41(34-11-9-8-10-12-34)26-27-42(54)48(57)66-49(58)47(32(2)3)51-45(55)30-52(37-19-15-35(50)16-20-37)68(61,62)40-25-28-43(63-5)44(29-40)64-6/h8-25,28-29,32,41-42,47H,7,26-27,30-31H2,1-6H3,(H,51,55)/t41?,42?,47-/m0/s1. The lowest BCUT2D eigenvalue weighted by Crippen LogP contribution is -2.52. The molecule has 0 aromatic heterocycles. The molecule has 1 N–H and O–H groups in total. The largest absolute Gasteiger partial charge is 0.494 e. The molecule has 1 aliphatic rings. The van der Waals surface area contributed by atoms with Crippen LogP contribution in [0.15, 0.2) is 131 Å². The number of halogens is 1. The van der Waals surface area contributed by atoms with Gasteiger partial charge in [-0.15, -0.1) is 0 Å². The summed E-state index contributed by atoms with van der Waals surface area (Å²) in [5.74, 6) is -4.65. The third-order valence-corrected chi connectivity index (χ3v) is 14.8. The number of sulfonamides is 2. The van der Waals surface area contributed by atoms with Crippen LogP contribution in [0.25, 0.3) is 0 Å². The van der Waals surface area contributed by atoms with Gasteiger partial charge >= 0.3 is 11.9 Å². The second kappa shape index (κ2) is 21.8. The molecular formula is C49H53FN4O12S2. The fraction of sp³-hybridized carbons (Fsp3) is 0.306. The van der Waals surface area contributed by atoms with E-state index in [-0.39, 0.29) is 45.5 Å². The highest BCUT2D eigenvalue weighted by Crippen LogP contribution is 2.38. The van der Waals surface area contributed by atoms with Crippen molar-refractivity contribution in [2.24, 2.45) is 5.92 Å². The summed E-state index contributed by atoms with van der Waals surface area (Å²) >= 11 is 0. The van der Waals surface area contributed by atoms with Gasteiger partial charge in [0.1, 0.15) is 36.7 Å². The first-order valence-electron chi connectivity index (χ1n) is 21.6. The van der Waals surface area contributed by atoms with Gasteiger partial charge in [-0.3, -0.25) is 18.2 Å². The maximum Gasteiger partial charge on any atom is 0.336 e. The van der Waals surface area contributed by atoms with E-state index >= 15 is 0 Å². The minimum absolute atomic E-state index is 0.0346. The van der Waals surface area contributed by atoms with E-state index in [1.54, 1.807) is 75.4 Å². The Morgan fingerprint density at radius 3 is 1.90 bits per heavy atom. The van der Waals surface area contributed by atoms with Gasteiger partial charge in [0.2, 0.25) is 11.8 Å². The van der Waals surface area contributed by atoms with Crippen LogP contribution >= 0.6 is 0 Å². The minimum Gasteiger partial charge on any atom is -0.494 e. The van der Waals surface area contributed by atoms with Crippen molar-refractivity contribution in [3.8, 4) is 17.2 Å². The molecule has 5 aromatic rings. The first-order chi connectivity index (χ1) is 32.4. The summed E-state index contributed by atoms with van der Waals surface area (Å²) < 4.78 is 94.3. The SMILES string of the molecule is CCOc1ccc(S(=O)(=O)N(CC(=O)N2C(C(=O)OC(=O)[C@@H](NC(=O)CN(c3ccc(F)cc3)S(=O)(=O)c3ccc(OC)c(OC)c3)C(C)C)CCC2c2ccccc2)c2ccc(C)cc2)cc1. The number of methoxy groups -OCH3 is 2. The summed E-state index contributed by atoms with van der Waals surface area (Å²) in [6.45, 7) is 5.49. The second-order valence-corrected chi connectivity index (χ2v) is 19.8. The summed E-state index contributed by atoms with van der Waals surface area (Å²) in [5, 5.41) is 2.50. The van der Waals surface area contributed by atoms with Gasteiger partial charge in [0.15, 0.2) is 11.5 Å². The fourth-order valence-electron chi connectivity index (χ4n) is 7.73. The van der Waals surface area contributed by atoms with E-state index in [1.165, 1.54) is 73.7 Å². The third-order valence-electron chi connectivity index (χ3n) is 11.2. The van der Waals surface area contributed by atoms with Gasteiger partial charge in [0.25, 0.3) is 20.0 Å². The summed E-state index contributed by atoms with van der Waals surface area (Å²) in [4.78, 5) is 57.5. The third kappa shape index (κ3) is 11.4. The number of carbonyl (C=O) groups excluding carboxylic acids is 4. The Morgan fingerprint density at radius 2 is 1.31 bits per heavy atom. The van der Waals surface area contributed by atoms with Gasteiger partial charge in [-0.1, -0.05) is 61.9 Å². The van der Waals surface area contributed by atoms with E-state index in [0.29, 0.717) is 17.9 Å². The minimum atomic E-state index is -4.57. The zero-order valence-electron chi connectivity index (χ0n) is 38.3. The number of carbonyl (C=O) groups is 4. The quantitative estimate of drug-likeness (QED) is 0.0691. The zero-order valence-corrected chi connectivity index (χ0v) is 40.0. The molecule has 2 unspecified atom stereocenters. The Balaban J connectivity index is 1.26. The smallest absolute Gasteiger partial charge is 0.336 e. The normalized spacial score (nSPS) is 15.3. The monoisotopic (exact) mass is 972 g/mol. The maximum absolute atomic E-state index is 14.7. The average Bonchev–Trinajstić information content (AvgIpc) is 3.78. The number of nitrogens with zero attached hydrogens (tertiary/aromatic N) is 3. The lowest BCUT2D eigenvalue weighted by molar-refractivity contribution is -0.167. The van der Waals surface area contributed by atoms with Crippen molar-refractivity contribution in [1.82, 2.24) is 10.2 Å². The Kier molecular flexibility index (Phi) is 16.1. The van der Waals surface area contributed by atoms with E-state index in [2.05, 4.69) is 5.32 Å². The maximum atomic E-state index is 14.7. The molecule has 0 bridgehead atoms. The van der Waals surface area contributed by atoms with E-state index in [9.17, 15) is 40.4 Å². The summed E-state index contributed by atoms with van der Waals surface area (Å²) in [6, 6.07) is 25.7. The second-order valence-electron chi connectivity index (χ2n) is 16.1. The number of benzene rings is 5. The highest BCUT2D eigenvalue weighted by Gasteiger charge is 2.45. The number of hydrogen-bond donors (Lipinski definition) is 1. The number of esters is 2. The molecule has 16 nitrogen and oxygen atoms in total. The molecule has 0 spiro atoms. The molecule has 0 aliphatic carbocycles. The number of amides is 2. The topological polar surface area (TPSA) is 195 Å². The molecular weight excluding hydrogens is 920 g/mol. The molecule has 6 rings (SSSR count). The molecule has 5 aromatic carbocycles. The van der Waals surface area contributed by atoms with Crippen molar-refractivity contribution in [1.29, 1.82) is 0 Å². The summed E-state index contributed by atoms with van der Waals surface area (Å²) in [5.41, 5.74) is 1.60. The van der Waals surface area contributed by atoms with Crippen LogP contribution in [-0.4, -0.2) is 91.5 Å². The summed E-state index contributed by atoms with van der Waals surface area (Å²) in [6.07, 6.45) is 0.283. The van der Waals surface area contributed by atoms with Crippen molar-refractivity contribution in [3.05, 3.63) is 138 Å². The van der Waals surface area contributed by atoms with Crippen LogP contribution in [0.2, 0.25) is 0 Å². The molecule has 360 valence electrons. The lowest BCUT2D eigenvalue weighted by Gasteiger charge is -2.33. The number of anilines is 2. The number of ether oxygens (including phenoxy) is 4. The van der Waals surface area contributed by atoms with Crippen molar-refractivity contribution in [2.75, 3.05) is 42.5 Å². The first kappa shape index (κ1) is 50.4. The van der Waals surface area contributed by atoms with Gasteiger partial charge in [0, 0.05) is 6.07 Å². The molecule has 2 amide bonds. The van der Waals surface area contributed by atoms with Gasteiger partial charge in [0.05, 0.1) is 48.0 Å². The van der Waals surface area contributed by atoms with Crippen molar-refractivity contribution >= 4 is 55.2 Å². The van der Waals surface area contributed by atoms with E-state index in [1.807, 2.05) is 6.92 Å². The molecule has 0 saturated carbocycles. The van der Waals surface area contributed by atoms with E-state index in [4.69, 9.17) is 18.9 Å². The molecule has 68 heavy (non-hydrogen) atoms. The van der Waals surface area contributed by atoms with Crippen LogP contribution in [0.4, 0.5) is 15.8 Å². The molecule has 1 heterocycles. The van der Waals surface area contributed by atoms with Crippen LogP contribution in [0.1, 0.15) is 50.8 Å². The lowest BCUT2D eigenvalue weighted by atomic mass is 10.0. The van der Waals surface area contributed by atoms with Crippen LogP contribution in [0.5, 0.6) is 17.2 Å². The fourth-order valence-corrected chi connectivity index (χ4v) is 10.6. The van der Waals surface area contributed by atoms with E-state index in [0.717, 1.165) is 26.3 Å². The average molecular weight is 973 g/mol. The predicted octanol–water partition coefficient (Wildman–Crippen LogP) is 6.58. The Hall–Kier alpha value is -6.99. The Labute approximate surface area is 395 Å². The number of nitrogens with one attached hydrogen (secondary N) is 1. The molecule has 1 saturated heterocycles. The number of rotatable bonds is 19. The van der Waals surface area contributed by atoms with Gasteiger partial charge in [-0.05, 0) is 111 Å². The van der Waals surface area contributed by atoms with Crippen molar-refractivity contribution in [2.45, 2.75) is 68.5 Å². The first-order valence-corrected chi connectivity index (χ1v) is 24.5. The number of aryl methyl sites for hydroxylation is 1. The van der Waals surface area contributed by atoms with Gasteiger partial charge in [-0.2, -0.15) is 0 Å². The van der Waals surface area contributed by atoms with Crippen LogP contribution in [0.3, 0.4) is 0 Å². The van der Waals surface area contributed by atoms with Crippen LogP contribution < -0.4 is 28.1 Å². The zero-order chi connectivity index (χ0) is 49.3. The molecule has 1 aliphatic heterocycles. The molecule has 1 fully saturated rings. The van der Waals surface area contributed by atoms with Crippen LogP contribution in [0, 0.1) is 18.7 Å². The molecule has 0 radical (unpaired) electrons. The molecule has 3 atom stereocenters. The van der Waals surface area contributed by atoms with Crippen molar-refractivity contribution in [3.63, 3.8) is 0 Å². The van der Waals surface area contributed by atoms with E-state index < -0.39 is 86.7 Å². The number of hydrogen-bond acceptors (Lipinski definition) is 12. The highest BCUT2D eigenvalue weighted by molar-refractivity contribution is 7.93. The molecule has 19 heteroatoms. The van der Waals surface area contributed by atoms with Crippen molar-refractivity contribution < 1.29 is 59.4 Å². The Morgan fingerprint density at radius 1 is 0.735 bits per heavy atom.